The van der Waals surface area contributed by atoms with Gasteiger partial charge in [0.1, 0.15) is 0 Å². The van der Waals surface area contributed by atoms with E-state index in [1.54, 1.807) is 0 Å². The molecule has 3 heterocycles. The van der Waals surface area contributed by atoms with E-state index in [-0.39, 0.29) is 30.7 Å². The Morgan fingerprint density at radius 2 is 1.88 bits per heavy atom. The highest BCUT2D eigenvalue weighted by Gasteiger charge is 2.39. The zero-order valence-corrected chi connectivity index (χ0v) is 16.3. The first-order valence-corrected chi connectivity index (χ1v) is 8.96. The summed E-state index contributed by atoms with van der Waals surface area (Å²) in [5.41, 5.74) is 5.61. The first-order valence-electron chi connectivity index (χ1n) is 8.08. The van der Waals surface area contributed by atoms with E-state index in [0.29, 0.717) is 26.1 Å². The third kappa shape index (κ3) is 5.31. The van der Waals surface area contributed by atoms with Gasteiger partial charge < -0.3 is 15.4 Å². The summed E-state index contributed by atoms with van der Waals surface area (Å²) in [5.74, 6) is 0.119. The number of ether oxygens (including phenoxy) is 1. The Hall–Kier alpha value is -0.370. The molecule has 0 aromatic carbocycles. The molecule has 1 aromatic rings. The van der Waals surface area contributed by atoms with Crippen LogP contribution >= 0.6 is 36.2 Å². The number of nitrogens with zero attached hydrogens (tertiary/aromatic N) is 2. The molecule has 5 nitrogen and oxygen atoms in total. The minimum atomic E-state index is -0.697. The molecule has 0 radical (unpaired) electrons. The summed E-state index contributed by atoms with van der Waals surface area (Å²) in [6, 6.07) is 4.29. The molecule has 2 aliphatic heterocycles. The second-order valence-electron chi connectivity index (χ2n) is 6.23. The fraction of sp³-hybridized carbons (Fsp3) is 0.688. The molecule has 0 saturated carbocycles. The summed E-state index contributed by atoms with van der Waals surface area (Å²) in [6.45, 7) is 5.76. The topological polar surface area (TPSA) is 58.8 Å². The van der Waals surface area contributed by atoms with Crippen LogP contribution in [0.25, 0.3) is 0 Å². The SMILES string of the molecule is Cl.Cl.NC1(C(=O)N2CCN(CCc3cccs3)CC2)CCOCC1. The number of nitrogens with two attached hydrogens (primary N) is 1. The number of amides is 1. The monoisotopic (exact) mass is 395 g/mol. The molecule has 8 heteroatoms. The van der Waals surface area contributed by atoms with Crippen LogP contribution in [0.2, 0.25) is 0 Å². The highest BCUT2D eigenvalue weighted by molar-refractivity contribution is 7.09. The molecule has 2 fully saturated rings. The first kappa shape index (κ1) is 21.7. The van der Waals surface area contributed by atoms with E-state index in [4.69, 9.17) is 10.5 Å². The standard InChI is InChI=1S/C16H25N3O2S.2ClH/c17-16(4-11-21-12-5-16)15(20)19-9-7-18(8-10-19)6-3-14-2-1-13-22-14;;/h1-2,13H,3-12,17H2;2*1H. The van der Waals surface area contributed by atoms with Crippen LogP contribution in [0.5, 0.6) is 0 Å². The van der Waals surface area contributed by atoms with Gasteiger partial charge in [-0.1, -0.05) is 6.07 Å². The van der Waals surface area contributed by atoms with Gasteiger partial charge in [-0.05, 0) is 30.7 Å². The van der Waals surface area contributed by atoms with Crippen molar-refractivity contribution in [2.24, 2.45) is 5.73 Å². The quantitative estimate of drug-likeness (QED) is 0.843. The highest BCUT2D eigenvalue weighted by Crippen LogP contribution is 2.21. The van der Waals surface area contributed by atoms with Crippen LogP contribution in [-0.2, 0) is 16.0 Å². The molecule has 2 N–H and O–H groups in total. The number of carbonyl (C=O) groups is 1. The number of piperazine rings is 1. The molecule has 0 unspecified atom stereocenters. The fourth-order valence-corrected chi connectivity index (χ4v) is 3.86. The number of hydrogen-bond acceptors (Lipinski definition) is 5. The molecule has 0 spiro atoms. The van der Waals surface area contributed by atoms with Crippen molar-refractivity contribution in [2.45, 2.75) is 24.8 Å². The Morgan fingerprint density at radius 1 is 1.21 bits per heavy atom. The normalized spacial score (nSPS) is 20.8. The molecular formula is C16H27Cl2N3O2S. The highest BCUT2D eigenvalue weighted by atomic mass is 35.5. The summed E-state index contributed by atoms with van der Waals surface area (Å²) < 4.78 is 5.33. The van der Waals surface area contributed by atoms with Gasteiger partial charge in [0, 0.05) is 50.8 Å². The predicted molar refractivity (Wildman–Crippen MR) is 103 cm³/mol. The second-order valence-corrected chi connectivity index (χ2v) is 7.26. The van der Waals surface area contributed by atoms with Crippen molar-refractivity contribution < 1.29 is 9.53 Å². The van der Waals surface area contributed by atoms with Crippen molar-refractivity contribution in [3.63, 3.8) is 0 Å². The molecule has 2 aliphatic rings. The van der Waals surface area contributed by atoms with Crippen molar-refractivity contribution in [1.29, 1.82) is 0 Å². The van der Waals surface area contributed by atoms with Crippen LogP contribution in [0.15, 0.2) is 17.5 Å². The molecular weight excluding hydrogens is 369 g/mol. The van der Waals surface area contributed by atoms with Crippen LogP contribution in [0.1, 0.15) is 17.7 Å². The number of thiophene rings is 1. The van der Waals surface area contributed by atoms with Gasteiger partial charge in [0.15, 0.2) is 0 Å². The summed E-state index contributed by atoms with van der Waals surface area (Å²) >= 11 is 1.82. The lowest BCUT2D eigenvalue weighted by atomic mass is 9.89. The average molecular weight is 396 g/mol. The van der Waals surface area contributed by atoms with Gasteiger partial charge in [0.05, 0.1) is 5.54 Å². The van der Waals surface area contributed by atoms with E-state index in [9.17, 15) is 4.79 Å². The van der Waals surface area contributed by atoms with Crippen LogP contribution in [0.4, 0.5) is 0 Å². The molecule has 1 aromatic heterocycles. The van der Waals surface area contributed by atoms with E-state index in [0.717, 1.165) is 39.1 Å². The van der Waals surface area contributed by atoms with Gasteiger partial charge in [-0.15, -0.1) is 36.2 Å². The molecule has 138 valence electrons. The molecule has 24 heavy (non-hydrogen) atoms. The number of hydrogen-bond donors (Lipinski definition) is 1. The largest absolute Gasteiger partial charge is 0.381 e. The van der Waals surface area contributed by atoms with Gasteiger partial charge >= 0.3 is 0 Å². The zero-order chi connectivity index (χ0) is 15.4. The fourth-order valence-electron chi connectivity index (χ4n) is 3.16. The van der Waals surface area contributed by atoms with Crippen molar-refractivity contribution in [3.05, 3.63) is 22.4 Å². The number of halogens is 2. The van der Waals surface area contributed by atoms with E-state index in [1.165, 1.54) is 4.88 Å². The Labute approximate surface area is 160 Å². The lowest BCUT2D eigenvalue weighted by Gasteiger charge is -2.40. The van der Waals surface area contributed by atoms with Gasteiger partial charge in [-0.2, -0.15) is 0 Å². The Morgan fingerprint density at radius 3 is 2.46 bits per heavy atom. The Kier molecular flexibility index (Phi) is 8.98. The summed E-state index contributed by atoms with van der Waals surface area (Å²) in [4.78, 5) is 18.5. The Balaban J connectivity index is 0.00000144. The molecule has 0 aliphatic carbocycles. The predicted octanol–water partition coefficient (Wildman–Crippen LogP) is 1.79. The van der Waals surface area contributed by atoms with Crippen LogP contribution < -0.4 is 5.73 Å². The van der Waals surface area contributed by atoms with Gasteiger partial charge in [-0.25, -0.2) is 0 Å². The van der Waals surface area contributed by atoms with Gasteiger partial charge in [0.25, 0.3) is 0 Å². The second kappa shape index (κ2) is 9.94. The maximum atomic E-state index is 12.7. The third-order valence-corrected chi connectivity index (χ3v) is 5.66. The van der Waals surface area contributed by atoms with Gasteiger partial charge in [-0.3, -0.25) is 9.69 Å². The van der Waals surface area contributed by atoms with Crippen molar-refractivity contribution >= 4 is 42.1 Å². The van der Waals surface area contributed by atoms with Crippen LogP contribution in [0.3, 0.4) is 0 Å². The van der Waals surface area contributed by atoms with Gasteiger partial charge in [0.2, 0.25) is 5.91 Å². The molecule has 3 rings (SSSR count). The summed E-state index contributed by atoms with van der Waals surface area (Å²) in [6.07, 6.45) is 2.39. The first-order chi connectivity index (χ1) is 10.7. The molecule has 2 saturated heterocycles. The minimum Gasteiger partial charge on any atom is -0.381 e. The van der Waals surface area contributed by atoms with E-state index >= 15 is 0 Å². The van der Waals surface area contributed by atoms with Crippen LogP contribution in [0, 0.1) is 0 Å². The molecule has 1 amide bonds. The average Bonchev–Trinajstić information content (AvgIpc) is 3.07. The lowest BCUT2D eigenvalue weighted by Crippen LogP contribution is -2.61. The van der Waals surface area contributed by atoms with E-state index in [1.807, 2.05) is 16.2 Å². The molecule has 0 bridgehead atoms. The number of carbonyl (C=O) groups excluding carboxylic acids is 1. The van der Waals surface area contributed by atoms with Crippen molar-refractivity contribution in [2.75, 3.05) is 45.9 Å². The summed E-state index contributed by atoms with van der Waals surface area (Å²) in [7, 11) is 0. The molecule has 0 atom stereocenters. The van der Waals surface area contributed by atoms with Crippen molar-refractivity contribution in [3.8, 4) is 0 Å². The van der Waals surface area contributed by atoms with E-state index in [2.05, 4.69) is 22.4 Å². The zero-order valence-electron chi connectivity index (χ0n) is 13.8. The summed E-state index contributed by atoms with van der Waals surface area (Å²) in [5, 5.41) is 2.13. The smallest absolute Gasteiger partial charge is 0.242 e. The Bertz CT molecular complexity index is 488. The van der Waals surface area contributed by atoms with Crippen LogP contribution in [-0.4, -0.2) is 67.2 Å². The lowest BCUT2D eigenvalue weighted by molar-refractivity contribution is -0.142. The maximum absolute atomic E-state index is 12.7. The number of rotatable bonds is 4. The third-order valence-electron chi connectivity index (χ3n) is 4.72. The maximum Gasteiger partial charge on any atom is 0.242 e. The van der Waals surface area contributed by atoms with Crippen molar-refractivity contribution in [1.82, 2.24) is 9.80 Å². The minimum absolute atomic E-state index is 0. The van der Waals surface area contributed by atoms with E-state index < -0.39 is 5.54 Å².